The van der Waals surface area contributed by atoms with Gasteiger partial charge in [0.1, 0.15) is 5.75 Å². The fourth-order valence-corrected chi connectivity index (χ4v) is 2.36. The number of anilines is 1. The molecule has 2 rings (SSSR count). The topological polar surface area (TPSA) is 69.6 Å². The fourth-order valence-electron chi connectivity index (χ4n) is 2.36. The molecule has 19 heavy (non-hydrogen) atoms. The van der Waals surface area contributed by atoms with Gasteiger partial charge in [0.2, 0.25) is 11.8 Å². The van der Waals surface area contributed by atoms with Gasteiger partial charge in [-0.2, -0.15) is 0 Å². The van der Waals surface area contributed by atoms with E-state index in [9.17, 15) is 14.7 Å². The molecule has 1 fully saturated rings. The van der Waals surface area contributed by atoms with Gasteiger partial charge >= 0.3 is 0 Å². The van der Waals surface area contributed by atoms with Crippen molar-refractivity contribution in [1.82, 2.24) is 4.90 Å². The standard InChI is InChI=1S/C14H18N2O3/c1-9-6-11(17)7-10(2)14(9)15-12(18)8-16-5-3-4-13(16)19/h6-7,17H,3-5,8H2,1-2H3,(H,15,18). The van der Waals surface area contributed by atoms with Gasteiger partial charge in [0.15, 0.2) is 0 Å². The Bertz CT molecular complexity index is 502. The van der Waals surface area contributed by atoms with E-state index in [1.165, 1.54) is 0 Å². The highest BCUT2D eigenvalue weighted by molar-refractivity contribution is 5.96. The van der Waals surface area contributed by atoms with E-state index in [0.717, 1.165) is 17.5 Å². The minimum absolute atomic E-state index is 0.0364. The molecule has 0 spiro atoms. The van der Waals surface area contributed by atoms with E-state index in [2.05, 4.69) is 5.32 Å². The summed E-state index contributed by atoms with van der Waals surface area (Å²) >= 11 is 0. The molecule has 0 aliphatic carbocycles. The summed E-state index contributed by atoms with van der Waals surface area (Å²) in [6.45, 7) is 4.39. The number of amides is 2. The molecule has 0 atom stereocenters. The van der Waals surface area contributed by atoms with Gasteiger partial charge in [0.25, 0.3) is 0 Å². The van der Waals surface area contributed by atoms with Gasteiger partial charge < -0.3 is 15.3 Å². The van der Waals surface area contributed by atoms with Gasteiger partial charge in [0.05, 0.1) is 6.54 Å². The minimum Gasteiger partial charge on any atom is -0.508 e. The van der Waals surface area contributed by atoms with E-state index in [0.29, 0.717) is 18.7 Å². The first-order valence-corrected chi connectivity index (χ1v) is 6.35. The Morgan fingerprint density at radius 3 is 2.53 bits per heavy atom. The summed E-state index contributed by atoms with van der Waals surface area (Å²) in [6.07, 6.45) is 1.36. The smallest absolute Gasteiger partial charge is 0.244 e. The van der Waals surface area contributed by atoms with Crippen molar-refractivity contribution in [3.05, 3.63) is 23.3 Å². The van der Waals surface area contributed by atoms with Crippen molar-refractivity contribution in [2.45, 2.75) is 26.7 Å². The largest absolute Gasteiger partial charge is 0.508 e. The second-order valence-corrected chi connectivity index (χ2v) is 4.92. The van der Waals surface area contributed by atoms with Crippen LogP contribution in [0.1, 0.15) is 24.0 Å². The lowest BCUT2D eigenvalue weighted by molar-refractivity contribution is -0.131. The Hall–Kier alpha value is -2.04. The summed E-state index contributed by atoms with van der Waals surface area (Å²) in [4.78, 5) is 25.0. The van der Waals surface area contributed by atoms with Crippen molar-refractivity contribution in [3.63, 3.8) is 0 Å². The third-order valence-electron chi connectivity index (χ3n) is 3.29. The van der Waals surface area contributed by atoms with E-state index < -0.39 is 0 Å². The van der Waals surface area contributed by atoms with Crippen LogP contribution in [-0.4, -0.2) is 34.9 Å². The molecule has 0 radical (unpaired) electrons. The van der Waals surface area contributed by atoms with Crippen molar-refractivity contribution in [3.8, 4) is 5.75 Å². The van der Waals surface area contributed by atoms with Gasteiger partial charge in [-0.15, -0.1) is 0 Å². The second kappa shape index (κ2) is 5.30. The van der Waals surface area contributed by atoms with Crippen molar-refractivity contribution >= 4 is 17.5 Å². The Kier molecular flexibility index (Phi) is 3.74. The maximum atomic E-state index is 11.9. The lowest BCUT2D eigenvalue weighted by Crippen LogP contribution is -2.34. The molecule has 0 aromatic heterocycles. The number of aromatic hydroxyl groups is 1. The molecule has 1 aliphatic heterocycles. The Balaban J connectivity index is 2.05. The number of benzene rings is 1. The molecule has 2 amide bonds. The fraction of sp³-hybridized carbons (Fsp3) is 0.429. The molecule has 1 heterocycles. The highest BCUT2D eigenvalue weighted by atomic mass is 16.3. The van der Waals surface area contributed by atoms with Gasteiger partial charge in [0, 0.05) is 18.7 Å². The first kappa shape index (κ1) is 13.4. The SMILES string of the molecule is Cc1cc(O)cc(C)c1NC(=O)CN1CCCC1=O. The molecular weight excluding hydrogens is 244 g/mol. The molecule has 5 heteroatoms. The first-order valence-electron chi connectivity index (χ1n) is 6.35. The average molecular weight is 262 g/mol. The molecular formula is C14H18N2O3. The first-order chi connectivity index (χ1) is 8.97. The zero-order valence-corrected chi connectivity index (χ0v) is 11.2. The van der Waals surface area contributed by atoms with Crippen molar-refractivity contribution in [2.24, 2.45) is 0 Å². The van der Waals surface area contributed by atoms with Crippen LogP contribution in [0.2, 0.25) is 0 Å². The monoisotopic (exact) mass is 262 g/mol. The predicted molar refractivity (Wildman–Crippen MR) is 72.0 cm³/mol. The third-order valence-corrected chi connectivity index (χ3v) is 3.29. The minimum atomic E-state index is -0.202. The quantitative estimate of drug-likeness (QED) is 0.812. The second-order valence-electron chi connectivity index (χ2n) is 4.92. The summed E-state index contributed by atoms with van der Waals surface area (Å²) in [7, 11) is 0. The van der Waals surface area contributed by atoms with Crippen LogP contribution in [0.3, 0.4) is 0 Å². The summed E-state index contributed by atoms with van der Waals surface area (Å²) in [5.74, 6) is 0.0177. The average Bonchev–Trinajstić information content (AvgIpc) is 2.69. The summed E-state index contributed by atoms with van der Waals surface area (Å²) in [5, 5.41) is 12.3. The maximum Gasteiger partial charge on any atom is 0.244 e. The molecule has 102 valence electrons. The number of phenolic OH excluding ortho intramolecular Hbond substituents is 1. The normalized spacial score (nSPS) is 14.8. The Morgan fingerprint density at radius 1 is 1.37 bits per heavy atom. The van der Waals surface area contributed by atoms with Crippen LogP contribution >= 0.6 is 0 Å². The number of phenols is 1. The van der Waals surface area contributed by atoms with Crippen LogP contribution in [0, 0.1) is 13.8 Å². The molecule has 1 aliphatic rings. The molecule has 0 saturated carbocycles. The number of carbonyl (C=O) groups excluding carboxylic acids is 2. The maximum absolute atomic E-state index is 11.9. The van der Waals surface area contributed by atoms with E-state index in [-0.39, 0.29) is 24.1 Å². The van der Waals surface area contributed by atoms with Crippen LogP contribution < -0.4 is 5.32 Å². The summed E-state index contributed by atoms with van der Waals surface area (Å²) in [6, 6.07) is 3.20. The lowest BCUT2D eigenvalue weighted by atomic mass is 10.1. The molecule has 0 bridgehead atoms. The van der Waals surface area contributed by atoms with Crippen LogP contribution in [0.4, 0.5) is 5.69 Å². The van der Waals surface area contributed by atoms with Gasteiger partial charge in [-0.1, -0.05) is 0 Å². The molecule has 2 N–H and O–H groups in total. The number of hydrogen-bond acceptors (Lipinski definition) is 3. The van der Waals surface area contributed by atoms with Crippen LogP contribution in [0.15, 0.2) is 12.1 Å². The molecule has 1 saturated heterocycles. The lowest BCUT2D eigenvalue weighted by Gasteiger charge is -2.17. The van der Waals surface area contributed by atoms with E-state index >= 15 is 0 Å². The number of likely N-dealkylation sites (tertiary alicyclic amines) is 1. The zero-order valence-electron chi connectivity index (χ0n) is 11.2. The molecule has 1 aromatic carbocycles. The van der Waals surface area contributed by atoms with Gasteiger partial charge in [-0.3, -0.25) is 9.59 Å². The predicted octanol–water partition coefficient (Wildman–Crippen LogP) is 1.57. The Labute approximate surface area is 112 Å². The van der Waals surface area contributed by atoms with Crippen LogP contribution in [0.25, 0.3) is 0 Å². The number of rotatable bonds is 3. The molecule has 0 unspecified atom stereocenters. The van der Waals surface area contributed by atoms with E-state index in [4.69, 9.17) is 0 Å². The highest BCUT2D eigenvalue weighted by Gasteiger charge is 2.22. The van der Waals surface area contributed by atoms with Crippen molar-refractivity contribution in [1.29, 1.82) is 0 Å². The molecule has 1 aromatic rings. The summed E-state index contributed by atoms with van der Waals surface area (Å²) < 4.78 is 0. The van der Waals surface area contributed by atoms with Gasteiger partial charge in [-0.05, 0) is 43.5 Å². The van der Waals surface area contributed by atoms with E-state index in [1.807, 2.05) is 13.8 Å². The van der Waals surface area contributed by atoms with Gasteiger partial charge in [-0.25, -0.2) is 0 Å². The molecule has 5 nitrogen and oxygen atoms in total. The zero-order chi connectivity index (χ0) is 14.0. The Morgan fingerprint density at radius 2 is 2.00 bits per heavy atom. The van der Waals surface area contributed by atoms with Crippen LogP contribution in [0.5, 0.6) is 5.75 Å². The highest BCUT2D eigenvalue weighted by Crippen LogP contribution is 2.25. The number of aryl methyl sites for hydroxylation is 2. The summed E-state index contributed by atoms with van der Waals surface area (Å²) in [5.41, 5.74) is 2.31. The third kappa shape index (κ3) is 3.05. The van der Waals surface area contributed by atoms with Crippen molar-refractivity contribution < 1.29 is 14.7 Å². The number of hydrogen-bond donors (Lipinski definition) is 2. The number of carbonyl (C=O) groups is 2. The van der Waals surface area contributed by atoms with Crippen LogP contribution in [-0.2, 0) is 9.59 Å². The number of nitrogens with zero attached hydrogens (tertiary/aromatic N) is 1. The van der Waals surface area contributed by atoms with E-state index in [1.54, 1.807) is 17.0 Å². The number of nitrogens with one attached hydrogen (secondary N) is 1. The van der Waals surface area contributed by atoms with Crippen molar-refractivity contribution in [2.75, 3.05) is 18.4 Å².